The fourth-order valence-corrected chi connectivity index (χ4v) is 7.83. The van der Waals surface area contributed by atoms with Gasteiger partial charge in [-0.2, -0.15) is 0 Å². The zero-order valence-electron chi connectivity index (χ0n) is 26.6. The Morgan fingerprint density at radius 2 is 0.723 bits per heavy atom. The van der Waals surface area contributed by atoms with Gasteiger partial charge in [-0.1, -0.05) is 97.1 Å². The van der Waals surface area contributed by atoms with Crippen LogP contribution in [-0.4, -0.2) is 56.6 Å². The van der Waals surface area contributed by atoms with E-state index in [0.717, 1.165) is 0 Å². The van der Waals surface area contributed by atoms with Crippen LogP contribution in [0.2, 0.25) is 8.87 Å². The minimum absolute atomic E-state index is 0.149. The van der Waals surface area contributed by atoms with Crippen LogP contribution in [-0.2, 0) is 19.1 Å². The Morgan fingerprint density at radius 3 is 1.00 bits per heavy atom. The second-order valence-corrected chi connectivity index (χ2v) is 14.2. The molecule has 9 heteroatoms. The summed E-state index contributed by atoms with van der Waals surface area (Å²) in [6.07, 6.45) is 5.84. The van der Waals surface area contributed by atoms with E-state index in [9.17, 15) is 28.8 Å². The summed E-state index contributed by atoms with van der Waals surface area (Å²) in [7, 11) is 0. The zero-order chi connectivity index (χ0) is 34.3. The minimum Gasteiger partial charge on any atom is -0.383 e. The van der Waals surface area contributed by atoms with Gasteiger partial charge in [0, 0.05) is 11.1 Å². The third kappa shape index (κ3) is 15.0. The van der Waals surface area contributed by atoms with Gasteiger partial charge in [-0.25, -0.2) is 19.2 Å². The number of benzene rings is 4. The molecule has 8 nitrogen and oxygen atoms in total. The van der Waals surface area contributed by atoms with E-state index >= 15 is 0 Å². The van der Waals surface area contributed by atoms with Gasteiger partial charge in [0.25, 0.3) is 11.6 Å². The molecule has 0 heterocycles. The number of Topliss-reactive ketones (excluding diaryl/α,β-unsaturated/α-hetero) is 2. The number of ketones is 2. The first kappa shape index (κ1) is 38.5. The van der Waals surface area contributed by atoms with Crippen LogP contribution in [0.5, 0.6) is 0 Å². The monoisotopic (exact) mass is 742 g/mol. The first-order valence-electron chi connectivity index (χ1n) is 15.3. The first-order chi connectivity index (χ1) is 22.8. The Labute approximate surface area is 285 Å². The maximum absolute atomic E-state index is 11.7. The third-order valence-corrected chi connectivity index (χ3v) is 10.3. The van der Waals surface area contributed by atoms with E-state index in [-0.39, 0.29) is 43.4 Å². The Morgan fingerprint density at radius 1 is 0.447 bits per heavy atom. The van der Waals surface area contributed by atoms with Gasteiger partial charge < -0.3 is 9.47 Å². The number of esters is 4. The number of rotatable bonds is 12. The van der Waals surface area contributed by atoms with Gasteiger partial charge in [0.1, 0.15) is 0 Å². The Bertz CT molecular complexity index is 1440. The van der Waals surface area contributed by atoms with Crippen molar-refractivity contribution in [3.63, 3.8) is 0 Å². The smallest absolute Gasteiger partial charge is 0.383 e. The molecule has 2 radical (unpaired) electrons. The molecule has 0 aliphatic heterocycles. The summed E-state index contributed by atoms with van der Waals surface area (Å²) in [5, 5.41) is 0. The van der Waals surface area contributed by atoms with Crippen LogP contribution in [0.15, 0.2) is 121 Å². The number of unbranched alkanes of at least 4 members (excludes halogenated alkanes) is 2. The molecule has 0 N–H and O–H groups in total. The van der Waals surface area contributed by atoms with Gasteiger partial charge in [-0.05, 0) is 24.3 Å². The van der Waals surface area contributed by atoms with Crippen LogP contribution in [0.25, 0.3) is 0 Å². The predicted octanol–water partition coefficient (Wildman–Crippen LogP) is 7.63. The van der Waals surface area contributed by atoms with Crippen LogP contribution in [0.3, 0.4) is 0 Å². The normalized spacial score (nSPS) is 9.74. The summed E-state index contributed by atoms with van der Waals surface area (Å²) < 4.78 is 12.3. The topological polar surface area (TPSA) is 121 Å². The van der Waals surface area contributed by atoms with Crippen molar-refractivity contribution in [2.75, 3.05) is 0 Å². The van der Waals surface area contributed by atoms with Crippen molar-refractivity contribution in [2.24, 2.45) is 0 Å². The SMILES string of the molecule is CCC[CH2][Sn][CH2]CCC.O=C(OC(=O)c1ccccc1)C(=O)c1ccccc1.O=C(OC(=O)c1ccccc1)C(=O)c1ccccc1. The van der Waals surface area contributed by atoms with E-state index in [1.807, 2.05) is 0 Å². The van der Waals surface area contributed by atoms with Crippen LogP contribution in [0.1, 0.15) is 81.0 Å². The molecule has 4 rings (SSSR count). The summed E-state index contributed by atoms with van der Waals surface area (Å²) >= 11 is 0.149. The van der Waals surface area contributed by atoms with Crippen molar-refractivity contribution in [1.82, 2.24) is 0 Å². The molecule has 0 saturated carbocycles. The Balaban J connectivity index is 0.000000262. The summed E-state index contributed by atoms with van der Waals surface area (Å²) in [5.41, 5.74) is 0.815. The van der Waals surface area contributed by atoms with Crippen molar-refractivity contribution >= 4 is 56.6 Å². The van der Waals surface area contributed by atoms with Gasteiger partial charge in [-0.3, -0.25) is 9.59 Å². The average molecular weight is 741 g/mol. The maximum Gasteiger partial charge on any atom is 0.387 e. The predicted molar refractivity (Wildman–Crippen MR) is 180 cm³/mol. The van der Waals surface area contributed by atoms with Crippen LogP contribution in [0, 0.1) is 0 Å². The van der Waals surface area contributed by atoms with Gasteiger partial charge in [-0.15, -0.1) is 0 Å². The molecular formula is C38H38O8Sn. The molecule has 0 aromatic heterocycles. The average Bonchev–Trinajstić information content (AvgIpc) is 3.13. The van der Waals surface area contributed by atoms with Crippen LogP contribution >= 0.6 is 0 Å². The number of hydrogen-bond donors (Lipinski definition) is 0. The van der Waals surface area contributed by atoms with Crippen molar-refractivity contribution in [3.05, 3.63) is 144 Å². The number of hydrogen-bond acceptors (Lipinski definition) is 8. The number of carbonyl (C=O) groups excluding carboxylic acids is 6. The van der Waals surface area contributed by atoms with Gasteiger partial charge >= 0.3 is 93.4 Å². The van der Waals surface area contributed by atoms with E-state index in [4.69, 9.17) is 0 Å². The van der Waals surface area contributed by atoms with Gasteiger partial charge in [0.05, 0.1) is 11.1 Å². The molecule has 0 saturated heterocycles. The van der Waals surface area contributed by atoms with Crippen LogP contribution < -0.4 is 0 Å². The van der Waals surface area contributed by atoms with E-state index < -0.39 is 35.4 Å². The first-order valence-corrected chi connectivity index (χ1v) is 19.3. The summed E-state index contributed by atoms with van der Waals surface area (Å²) in [5.74, 6) is -5.72. The van der Waals surface area contributed by atoms with Crippen molar-refractivity contribution < 1.29 is 38.2 Å². The van der Waals surface area contributed by atoms with E-state index in [0.29, 0.717) is 0 Å². The van der Waals surface area contributed by atoms with Crippen LogP contribution in [0.4, 0.5) is 0 Å². The molecule has 4 aromatic rings. The fraction of sp³-hybridized carbons (Fsp3) is 0.211. The fourth-order valence-electron chi connectivity index (χ4n) is 3.67. The molecule has 0 atom stereocenters. The molecule has 0 unspecified atom stereocenters. The van der Waals surface area contributed by atoms with Crippen molar-refractivity contribution in [3.8, 4) is 0 Å². The maximum atomic E-state index is 11.7. The third-order valence-electron chi connectivity index (χ3n) is 6.25. The van der Waals surface area contributed by atoms with E-state index in [2.05, 4.69) is 23.3 Å². The summed E-state index contributed by atoms with van der Waals surface area (Å²) in [6.45, 7) is 4.58. The molecule has 47 heavy (non-hydrogen) atoms. The molecule has 0 aliphatic rings. The largest absolute Gasteiger partial charge is 0.387 e. The number of carbonyl (C=O) groups is 6. The molecule has 0 spiro atoms. The summed E-state index contributed by atoms with van der Waals surface area (Å²) in [6, 6.07) is 31.9. The zero-order valence-corrected chi connectivity index (χ0v) is 29.4. The number of ether oxygens (including phenoxy) is 2. The molecule has 4 aromatic carbocycles. The standard InChI is InChI=1S/2C15H10O4.2C4H9.Sn/c2*16-13(11-7-3-1-4-8-11)15(18)19-14(17)12-9-5-2-6-10-12;2*1-3-4-2;/h2*1-10H;2*1,3-4H2,2H3;. The molecule has 0 aliphatic carbocycles. The Kier molecular flexibility index (Phi) is 18.6. The molecule has 0 amide bonds. The van der Waals surface area contributed by atoms with E-state index in [1.165, 1.54) is 74.2 Å². The van der Waals surface area contributed by atoms with Gasteiger partial charge in [0.2, 0.25) is 0 Å². The van der Waals surface area contributed by atoms with E-state index in [1.54, 1.807) is 81.7 Å². The summed E-state index contributed by atoms with van der Waals surface area (Å²) in [4.78, 5) is 69.6. The van der Waals surface area contributed by atoms with Crippen molar-refractivity contribution in [2.45, 2.75) is 48.4 Å². The Hall–Kier alpha value is -4.70. The molecular weight excluding hydrogens is 703 g/mol. The van der Waals surface area contributed by atoms with Crippen molar-refractivity contribution in [1.29, 1.82) is 0 Å². The minimum atomic E-state index is -1.18. The second-order valence-electron chi connectivity index (χ2n) is 9.93. The quantitative estimate of drug-likeness (QED) is 0.0363. The second kappa shape index (κ2) is 22.7. The molecule has 0 fully saturated rings. The molecule has 0 bridgehead atoms. The van der Waals surface area contributed by atoms with Gasteiger partial charge in [0.15, 0.2) is 0 Å². The molecule has 242 valence electrons.